The summed E-state index contributed by atoms with van der Waals surface area (Å²) in [6, 6.07) is 10.8. The van der Waals surface area contributed by atoms with Gasteiger partial charge in [-0.3, -0.25) is 14.8 Å². The molecule has 0 bridgehead atoms. The summed E-state index contributed by atoms with van der Waals surface area (Å²) < 4.78 is 44.8. The van der Waals surface area contributed by atoms with Crippen LogP contribution in [0.4, 0.5) is 4.39 Å². The quantitative estimate of drug-likeness (QED) is 0.334. The van der Waals surface area contributed by atoms with Gasteiger partial charge in [-0.05, 0) is 61.4 Å². The van der Waals surface area contributed by atoms with E-state index in [1.54, 1.807) is 0 Å². The lowest BCUT2D eigenvalue weighted by Gasteiger charge is -2.47. The fraction of sp³-hybridized carbons (Fsp3) is 0.300. The third-order valence-electron chi connectivity index (χ3n) is 5.21. The maximum atomic E-state index is 13.2. The molecule has 0 aromatic heterocycles. The number of hydroxylamine groups is 1. The summed E-state index contributed by atoms with van der Waals surface area (Å²) in [4.78, 5) is 23.0. The van der Waals surface area contributed by atoms with E-state index in [4.69, 9.17) is 15.1 Å². The van der Waals surface area contributed by atoms with E-state index in [9.17, 15) is 22.4 Å². The number of sulfone groups is 1. The zero-order valence-electron chi connectivity index (χ0n) is 16.2. The summed E-state index contributed by atoms with van der Waals surface area (Å²) in [7, 11) is -4.00. The van der Waals surface area contributed by atoms with Crippen LogP contribution in [0.25, 0.3) is 0 Å². The second-order valence-corrected chi connectivity index (χ2v) is 9.21. The van der Waals surface area contributed by atoms with Gasteiger partial charge >= 0.3 is 5.97 Å². The molecule has 1 fully saturated rings. The molecule has 9 nitrogen and oxygen atoms in total. The van der Waals surface area contributed by atoms with Gasteiger partial charge in [-0.1, -0.05) is 0 Å². The first-order chi connectivity index (χ1) is 14.7. The first-order valence-corrected chi connectivity index (χ1v) is 10.9. The van der Waals surface area contributed by atoms with Gasteiger partial charge in [0.05, 0.1) is 16.6 Å². The molecule has 0 aliphatic heterocycles. The van der Waals surface area contributed by atoms with Gasteiger partial charge in [-0.25, -0.2) is 18.3 Å². The van der Waals surface area contributed by atoms with Gasteiger partial charge in [0.1, 0.15) is 22.9 Å². The summed E-state index contributed by atoms with van der Waals surface area (Å²) in [5.74, 6) is -1.76. The SMILES string of the molecule is O=C(O)CCNC1(C(=O)NO)CCC1S(=O)(=O)c1ccc(Oc2ccc(F)cc2)cc1. The lowest BCUT2D eigenvalue weighted by molar-refractivity contribution is -0.141. The number of halogens is 1. The molecule has 166 valence electrons. The van der Waals surface area contributed by atoms with Crippen LogP contribution >= 0.6 is 0 Å². The van der Waals surface area contributed by atoms with Crippen molar-refractivity contribution in [2.75, 3.05) is 6.54 Å². The summed E-state index contributed by atoms with van der Waals surface area (Å²) in [6.07, 6.45) is -0.0407. The first-order valence-electron chi connectivity index (χ1n) is 9.38. The Morgan fingerprint density at radius 2 is 1.68 bits per heavy atom. The van der Waals surface area contributed by atoms with Gasteiger partial charge in [-0.15, -0.1) is 0 Å². The molecule has 1 aliphatic rings. The summed E-state index contributed by atoms with van der Waals surface area (Å²) in [6.45, 7) is -0.140. The van der Waals surface area contributed by atoms with Gasteiger partial charge in [0.2, 0.25) is 0 Å². The van der Waals surface area contributed by atoms with E-state index in [1.165, 1.54) is 54.0 Å². The van der Waals surface area contributed by atoms with Gasteiger partial charge < -0.3 is 15.2 Å². The predicted molar refractivity (Wildman–Crippen MR) is 106 cm³/mol. The van der Waals surface area contributed by atoms with Crippen LogP contribution in [0.2, 0.25) is 0 Å². The molecule has 0 saturated heterocycles. The predicted octanol–water partition coefficient (Wildman–Crippen LogP) is 1.86. The molecule has 2 unspecified atom stereocenters. The lowest BCUT2D eigenvalue weighted by Crippen LogP contribution is -2.71. The Morgan fingerprint density at radius 1 is 1.10 bits per heavy atom. The molecule has 4 N–H and O–H groups in total. The van der Waals surface area contributed by atoms with Crippen molar-refractivity contribution in [2.24, 2.45) is 0 Å². The number of benzene rings is 2. The summed E-state index contributed by atoms with van der Waals surface area (Å²) in [5.41, 5.74) is -0.153. The highest BCUT2D eigenvalue weighted by atomic mass is 32.2. The molecule has 1 amide bonds. The fourth-order valence-corrected chi connectivity index (χ4v) is 5.62. The molecule has 2 aromatic rings. The number of carbonyl (C=O) groups excluding carboxylic acids is 1. The molecule has 2 aromatic carbocycles. The fourth-order valence-electron chi connectivity index (χ4n) is 3.51. The lowest BCUT2D eigenvalue weighted by atomic mass is 9.75. The van der Waals surface area contributed by atoms with E-state index in [2.05, 4.69) is 5.32 Å². The van der Waals surface area contributed by atoms with Gasteiger partial charge in [0, 0.05) is 6.54 Å². The summed E-state index contributed by atoms with van der Waals surface area (Å²) in [5, 5.41) is 19.4. The van der Waals surface area contributed by atoms with E-state index in [1.807, 2.05) is 0 Å². The number of carbonyl (C=O) groups is 2. The number of nitrogens with one attached hydrogen (secondary N) is 2. The highest BCUT2D eigenvalue weighted by Gasteiger charge is 2.58. The highest BCUT2D eigenvalue weighted by molar-refractivity contribution is 7.92. The average Bonchev–Trinajstić information content (AvgIpc) is 2.71. The second kappa shape index (κ2) is 9.00. The van der Waals surface area contributed by atoms with Crippen molar-refractivity contribution in [1.29, 1.82) is 0 Å². The van der Waals surface area contributed by atoms with E-state index < -0.39 is 38.3 Å². The second-order valence-electron chi connectivity index (χ2n) is 7.08. The van der Waals surface area contributed by atoms with Crippen molar-refractivity contribution in [3.8, 4) is 11.5 Å². The Labute approximate surface area is 177 Å². The Balaban J connectivity index is 1.79. The van der Waals surface area contributed by atoms with Crippen LogP contribution in [0, 0.1) is 5.82 Å². The van der Waals surface area contributed by atoms with Crippen molar-refractivity contribution < 1.29 is 37.4 Å². The zero-order valence-corrected chi connectivity index (χ0v) is 17.1. The third-order valence-corrected chi connectivity index (χ3v) is 7.53. The van der Waals surface area contributed by atoms with E-state index in [0.717, 1.165) is 0 Å². The number of hydrogen-bond acceptors (Lipinski definition) is 7. The number of hydrogen-bond donors (Lipinski definition) is 4. The molecule has 0 spiro atoms. The van der Waals surface area contributed by atoms with Crippen molar-refractivity contribution in [1.82, 2.24) is 10.8 Å². The molecule has 1 aliphatic carbocycles. The molecule has 0 radical (unpaired) electrons. The van der Waals surface area contributed by atoms with E-state index in [0.29, 0.717) is 11.5 Å². The Bertz CT molecular complexity index is 1060. The van der Waals surface area contributed by atoms with Crippen LogP contribution in [-0.4, -0.2) is 47.9 Å². The highest BCUT2D eigenvalue weighted by Crippen LogP contribution is 2.41. The Hall–Kier alpha value is -3.02. The Morgan fingerprint density at radius 3 is 2.16 bits per heavy atom. The number of carboxylic acid groups (broad SMARTS) is 1. The molecular weight excluding hydrogens is 431 g/mol. The average molecular weight is 452 g/mol. The van der Waals surface area contributed by atoms with Gasteiger partial charge in [-0.2, -0.15) is 0 Å². The molecular formula is C20H21FN2O7S. The smallest absolute Gasteiger partial charge is 0.304 e. The van der Waals surface area contributed by atoms with Crippen molar-refractivity contribution in [3.05, 3.63) is 54.3 Å². The molecule has 1 saturated carbocycles. The monoisotopic (exact) mass is 452 g/mol. The minimum Gasteiger partial charge on any atom is -0.481 e. The number of aliphatic carboxylic acids is 1. The van der Waals surface area contributed by atoms with E-state index in [-0.39, 0.29) is 30.7 Å². The van der Waals surface area contributed by atoms with Crippen molar-refractivity contribution >= 4 is 21.7 Å². The van der Waals surface area contributed by atoms with Gasteiger partial charge in [0.15, 0.2) is 9.84 Å². The van der Waals surface area contributed by atoms with Crippen LogP contribution in [0.15, 0.2) is 53.4 Å². The molecule has 11 heteroatoms. The van der Waals surface area contributed by atoms with Crippen molar-refractivity contribution in [3.63, 3.8) is 0 Å². The van der Waals surface area contributed by atoms with Gasteiger partial charge in [0.25, 0.3) is 5.91 Å². The van der Waals surface area contributed by atoms with E-state index >= 15 is 0 Å². The first kappa shape index (κ1) is 22.7. The van der Waals surface area contributed by atoms with Crippen LogP contribution in [0.3, 0.4) is 0 Å². The maximum absolute atomic E-state index is 13.2. The zero-order chi connectivity index (χ0) is 22.6. The van der Waals surface area contributed by atoms with Crippen LogP contribution in [-0.2, 0) is 19.4 Å². The van der Waals surface area contributed by atoms with Crippen LogP contribution in [0.5, 0.6) is 11.5 Å². The molecule has 2 atom stereocenters. The number of ether oxygens (including phenoxy) is 1. The number of carboxylic acids is 1. The minimum absolute atomic E-state index is 0.0567. The molecule has 31 heavy (non-hydrogen) atoms. The minimum atomic E-state index is -4.00. The normalized spacial score (nSPS) is 20.5. The summed E-state index contributed by atoms with van der Waals surface area (Å²) >= 11 is 0. The van der Waals surface area contributed by atoms with Crippen LogP contribution < -0.4 is 15.5 Å². The standard InChI is InChI=1S/C20H21FN2O7S/c21-13-1-3-14(4-2-13)30-15-5-7-16(8-6-15)31(28,29)17-9-11-20(17,19(26)23-27)22-12-10-18(24)25/h1-8,17,22,27H,9-12H2,(H,23,26)(H,24,25). The van der Waals surface area contributed by atoms with Crippen LogP contribution in [0.1, 0.15) is 19.3 Å². The topological polar surface area (TPSA) is 142 Å². The number of rotatable bonds is 9. The maximum Gasteiger partial charge on any atom is 0.304 e. The number of amides is 1. The largest absolute Gasteiger partial charge is 0.481 e. The molecule has 0 heterocycles. The molecule has 3 rings (SSSR count). The third kappa shape index (κ3) is 4.68. The Kier molecular flexibility index (Phi) is 6.58. The van der Waals surface area contributed by atoms with Crippen molar-refractivity contribution in [2.45, 2.75) is 34.9 Å².